The Hall–Kier alpha value is -2.35. The van der Waals surface area contributed by atoms with Crippen molar-refractivity contribution < 1.29 is 22.7 Å². The topological polar surface area (TPSA) is 50.7 Å². The molecule has 0 atom stereocenters. The quantitative estimate of drug-likeness (QED) is 0.616. The molecule has 0 aromatic heterocycles. The number of amides is 1. The van der Waals surface area contributed by atoms with Crippen molar-refractivity contribution in [3.63, 3.8) is 0 Å². The molecule has 4 nitrogen and oxygen atoms in total. The molecule has 0 aliphatic rings. The molecule has 24 heavy (non-hydrogen) atoms. The van der Waals surface area contributed by atoms with E-state index in [9.17, 15) is 18.0 Å². The highest BCUT2D eigenvalue weighted by Crippen LogP contribution is 2.29. The first kappa shape index (κ1) is 18.0. The highest BCUT2D eigenvalue weighted by atomic mass is 79.9. The Labute approximate surface area is 144 Å². The first-order valence-corrected chi connectivity index (χ1v) is 7.45. The molecular weight excluding hydrogens is 389 g/mol. The zero-order valence-electron chi connectivity index (χ0n) is 12.4. The van der Waals surface area contributed by atoms with E-state index in [1.807, 2.05) is 0 Å². The Morgan fingerprint density at radius 3 is 2.62 bits per heavy atom. The maximum absolute atomic E-state index is 12.6. The standard InChI is InChI=1S/C16H12BrF3N2O2/c1-24-14-6-5-10(7-13(14)17)9-21-22-15(23)11-3-2-4-12(8-11)16(18,19)20/h2-9H,1H3,(H,22,23)/b21-9-. The van der Waals surface area contributed by atoms with Crippen LogP contribution in [0.3, 0.4) is 0 Å². The summed E-state index contributed by atoms with van der Waals surface area (Å²) < 4.78 is 43.7. The van der Waals surface area contributed by atoms with Gasteiger partial charge in [-0.2, -0.15) is 18.3 Å². The van der Waals surface area contributed by atoms with Gasteiger partial charge in [0.15, 0.2) is 0 Å². The van der Waals surface area contributed by atoms with Crippen molar-refractivity contribution in [2.24, 2.45) is 5.10 Å². The average Bonchev–Trinajstić information content (AvgIpc) is 2.54. The van der Waals surface area contributed by atoms with E-state index in [2.05, 4.69) is 26.5 Å². The van der Waals surface area contributed by atoms with Crippen molar-refractivity contribution in [1.82, 2.24) is 5.43 Å². The number of ether oxygens (including phenoxy) is 1. The number of carbonyl (C=O) groups is 1. The summed E-state index contributed by atoms with van der Waals surface area (Å²) in [5, 5.41) is 3.74. The molecule has 0 aliphatic carbocycles. The number of alkyl halides is 3. The maximum atomic E-state index is 12.6. The summed E-state index contributed by atoms with van der Waals surface area (Å²) >= 11 is 3.31. The Bertz CT molecular complexity index is 776. The summed E-state index contributed by atoms with van der Waals surface area (Å²) in [5.74, 6) is -0.0925. The van der Waals surface area contributed by atoms with Crippen LogP contribution in [0.2, 0.25) is 0 Å². The molecule has 126 valence electrons. The molecule has 2 aromatic rings. The van der Waals surface area contributed by atoms with E-state index in [0.29, 0.717) is 15.8 Å². The molecule has 2 rings (SSSR count). The fourth-order valence-electron chi connectivity index (χ4n) is 1.83. The van der Waals surface area contributed by atoms with Gasteiger partial charge in [0.1, 0.15) is 5.75 Å². The molecule has 0 saturated heterocycles. The molecule has 0 aliphatic heterocycles. The fourth-order valence-corrected chi connectivity index (χ4v) is 2.39. The van der Waals surface area contributed by atoms with Crippen LogP contribution in [0.1, 0.15) is 21.5 Å². The number of carbonyl (C=O) groups excluding carboxylic acids is 1. The predicted molar refractivity (Wildman–Crippen MR) is 87.2 cm³/mol. The number of hydrogen-bond acceptors (Lipinski definition) is 3. The van der Waals surface area contributed by atoms with E-state index in [-0.39, 0.29) is 5.56 Å². The molecule has 0 heterocycles. The number of rotatable bonds is 4. The van der Waals surface area contributed by atoms with Crippen molar-refractivity contribution in [2.75, 3.05) is 7.11 Å². The first-order chi connectivity index (χ1) is 11.3. The van der Waals surface area contributed by atoms with Gasteiger partial charge in [-0.1, -0.05) is 6.07 Å². The van der Waals surface area contributed by atoms with Crippen LogP contribution in [0.4, 0.5) is 13.2 Å². The van der Waals surface area contributed by atoms with Crippen molar-refractivity contribution >= 4 is 28.1 Å². The van der Waals surface area contributed by atoms with E-state index in [4.69, 9.17) is 4.74 Å². The van der Waals surface area contributed by atoms with E-state index < -0.39 is 17.6 Å². The van der Waals surface area contributed by atoms with Crippen LogP contribution < -0.4 is 10.2 Å². The normalized spacial score (nSPS) is 11.5. The Kier molecular flexibility index (Phi) is 5.61. The molecule has 0 saturated carbocycles. The minimum absolute atomic E-state index is 0.127. The molecule has 0 bridgehead atoms. The van der Waals surface area contributed by atoms with Gasteiger partial charge in [-0.05, 0) is 57.9 Å². The molecule has 2 aromatic carbocycles. The lowest BCUT2D eigenvalue weighted by Gasteiger charge is -2.07. The summed E-state index contributed by atoms with van der Waals surface area (Å²) in [6, 6.07) is 9.26. The fraction of sp³-hybridized carbons (Fsp3) is 0.125. The van der Waals surface area contributed by atoms with Gasteiger partial charge in [-0.15, -0.1) is 0 Å². The van der Waals surface area contributed by atoms with Gasteiger partial charge >= 0.3 is 6.18 Å². The Balaban J connectivity index is 2.06. The van der Waals surface area contributed by atoms with Gasteiger partial charge in [0, 0.05) is 5.56 Å². The molecule has 0 radical (unpaired) electrons. The lowest BCUT2D eigenvalue weighted by molar-refractivity contribution is -0.137. The van der Waals surface area contributed by atoms with E-state index in [1.54, 1.807) is 18.2 Å². The van der Waals surface area contributed by atoms with Crippen LogP contribution >= 0.6 is 15.9 Å². The summed E-state index contributed by atoms with van der Waals surface area (Å²) in [5.41, 5.74) is 1.85. The summed E-state index contributed by atoms with van der Waals surface area (Å²) in [7, 11) is 1.53. The van der Waals surface area contributed by atoms with Crippen LogP contribution in [0.15, 0.2) is 52.0 Å². The molecule has 1 N–H and O–H groups in total. The second-order valence-electron chi connectivity index (χ2n) is 4.67. The van der Waals surface area contributed by atoms with E-state index in [0.717, 1.165) is 12.1 Å². The van der Waals surface area contributed by atoms with E-state index >= 15 is 0 Å². The summed E-state index contributed by atoms with van der Waals surface area (Å²) in [4.78, 5) is 11.9. The molecule has 0 unspecified atom stereocenters. The monoisotopic (exact) mass is 400 g/mol. The van der Waals surface area contributed by atoms with E-state index in [1.165, 1.54) is 25.5 Å². The van der Waals surface area contributed by atoms with Crippen molar-refractivity contribution in [1.29, 1.82) is 0 Å². The van der Waals surface area contributed by atoms with Crippen LogP contribution in [0, 0.1) is 0 Å². The predicted octanol–water partition coefficient (Wildman–Crippen LogP) is 4.24. The average molecular weight is 401 g/mol. The SMILES string of the molecule is COc1ccc(/C=N\NC(=O)c2cccc(C(F)(F)F)c2)cc1Br. The van der Waals surface area contributed by atoms with Gasteiger partial charge in [0.2, 0.25) is 0 Å². The molecule has 8 heteroatoms. The van der Waals surface area contributed by atoms with Gasteiger partial charge in [0.25, 0.3) is 5.91 Å². The van der Waals surface area contributed by atoms with Crippen LogP contribution in [-0.4, -0.2) is 19.2 Å². The van der Waals surface area contributed by atoms with Gasteiger partial charge in [0.05, 0.1) is 23.4 Å². The lowest BCUT2D eigenvalue weighted by atomic mass is 10.1. The van der Waals surface area contributed by atoms with Gasteiger partial charge in [-0.25, -0.2) is 5.43 Å². The van der Waals surface area contributed by atoms with Crippen LogP contribution in [0.5, 0.6) is 5.75 Å². The van der Waals surface area contributed by atoms with Crippen molar-refractivity contribution in [2.45, 2.75) is 6.18 Å². The zero-order valence-corrected chi connectivity index (χ0v) is 14.0. The second kappa shape index (κ2) is 7.48. The number of benzene rings is 2. The number of nitrogens with one attached hydrogen (secondary N) is 1. The molecule has 0 spiro atoms. The molecule has 1 amide bonds. The summed E-state index contributed by atoms with van der Waals surface area (Å²) in [6.07, 6.45) is -3.13. The Morgan fingerprint density at radius 2 is 2.00 bits per heavy atom. The number of hydrogen-bond donors (Lipinski definition) is 1. The van der Waals surface area contributed by atoms with Gasteiger partial charge in [-0.3, -0.25) is 4.79 Å². The highest BCUT2D eigenvalue weighted by Gasteiger charge is 2.30. The lowest BCUT2D eigenvalue weighted by Crippen LogP contribution is -2.18. The second-order valence-corrected chi connectivity index (χ2v) is 5.53. The zero-order chi connectivity index (χ0) is 17.7. The summed E-state index contributed by atoms with van der Waals surface area (Å²) in [6.45, 7) is 0. The number of halogens is 4. The van der Waals surface area contributed by atoms with Gasteiger partial charge < -0.3 is 4.74 Å². The minimum atomic E-state index is -4.51. The highest BCUT2D eigenvalue weighted by molar-refractivity contribution is 9.10. The maximum Gasteiger partial charge on any atom is 0.416 e. The molecular formula is C16H12BrF3N2O2. The largest absolute Gasteiger partial charge is 0.496 e. The van der Waals surface area contributed by atoms with Crippen LogP contribution in [-0.2, 0) is 6.18 Å². The first-order valence-electron chi connectivity index (χ1n) is 6.65. The number of methoxy groups -OCH3 is 1. The van der Waals surface area contributed by atoms with Crippen molar-refractivity contribution in [3.8, 4) is 5.75 Å². The third-order valence-corrected chi connectivity index (χ3v) is 3.63. The number of hydrazone groups is 1. The smallest absolute Gasteiger partial charge is 0.416 e. The molecule has 0 fully saturated rings. The van der Waals surface area contributed by atoms with Crippen LogP contribution in [0.25, 0.3) is 0 Å². The third kappa shape index (κ3) is 4.58. The number of nitrogens with zero attached hydrogens (tertiary/aromatic N) is 1. The Morgan fingerprint density at radius 1 is 1.25 bits per heavy atom. The third-order valence-electron chi connectivity index (χ3n) is 3.01. The minimum Gasteiger partial charge on any atom is -0.496 e. The van der Waals surface area contributed by atoms with Crippen molar-refractivity contribution in [3.05, 3.63) is 63.6 Å².